The molecule has 2 heteroatoms. The topological polar surface area (TPSA) is 26.3 Å². The van der Waals surface area contributed by atoms with E-state index in [-0.39, 0.29) is 11.6 Å². The summed E-state index contributed by atoms with van der Waals surface area (Å²) < 4.78 is 5.57. The minimum Gasteiger partial charge on any atom is -0.459 e. The first kappa shape index (κ1) is 11.5. The smallest absolute Gasteiger partial charge is 0.303 e. The molecule has 1 fully saturated rings. The van der Waals surface area contributed by atoms with Crippen LogP contribution in [0.3, 0.4) is 0 Å². The van der Waals surface area contributed by atoms with Crippen LogP contribution in [-0.2, 0) is 9.53 Å². The third-order valence-electron chi connectivity index (χ3n) is 3.39. The van der Waals surface area contributed by atoms with Crippen LogP contribution in [0.25, 0.3) is 0 Å². The van der Waals surface area contributed by atoms with Gasteiger partial charge in [-0.25, -0.2) is 0 Å². The molecular weight excluding hydrogens is 176 g/mol. The Kier molecular flexibility index (Phi) is 3.57. The van der Waals surface area contributed by atoms with Crippen LogP contribution in [0, 0.1) is 11.8 Å². The molecule has 0 radical (unpaired) electrons. The van der Waals surface area contributed by atoms with E-state index in [4.69, 9.17) is 4.74 Å². The zero-order valence-electron chi connectivity index (χ0n) is 9.80. The van der Waals surface area contributed by atoms with E-state index in [9.17, 15) is 4.79 Å². The van der Waals surface area contributed by atoms with Gasteiger partial charge in [-0.05, 0) is 31.1 Å². The average Bonchev–Trinajstić information content (AvgIpc) is 2.02. The summed E-state index contributed by atoms with van der Waals surface area (Å²) in [6.07, 6.45) is 4.53. The fourth-order valence-electron chi connectivity index (χ4n) is 2.56. The lowest BCUT2D eigenvalue weighted by Gasteiger charge is -2.42. The number of hydrogen-bond acceptors (Lipinski definition) is 2. The Morgan fingerprint density at radius 1 is 1.50 bits per heavy atom. The number of carbonyl (C=O) groups excluding carboxylic acids is 1. The lowest BCUT2D eigenvalue weighted by Crippen LogP contribution is -2.43. The van der Waals surface area contributed by atoms with Crippen molar-refractivity contribution in [3.05, 3.63) is 0 Å². The summed E-state index contributed by atoms with van der Waals surface area (Å²) in [5.74, 6) is 0.979. The Hall–Kier alpha value is -0.530. The molecule has 0 saturated heterocycles. The van der Waals surface area contributed by atoms with Crippen LogP contribution in [0.2, 0.25) is 0 Å². The fraction of sp³-hybridized carbons (Fsp3) is 0.917. The summed E-state index contributed by atoms with van der Waals surface area (Å²) in [5.41, 5.74) is -0.177. The second-order valence-electron chi connectivity index (χ2n) is 5.01. The van der Waals surface area contributed by atoms with Crippen molar-refractivity contribution < 1.29 is 9.53 Å². The molecule has 0 aromatic carbocycles. The van der Waals surface area contributed by atoms with Crippen LogP contribution in [0.1, 0.15) is 53.4 Å². The summed E-state index contributed by atoms with van der Waals surface area (Å²) in [6.45, 7) is 8.07. The summed E-state index contributed by atoms with van der Waals surface area (Å²) in [7, 11) is 0. The fourth-order valence-corrected chi connectivity index (χ4v) is 2.56. The molecule has 0 aromatic rings. The van der Waals surface area contributed by atoms with E-state index >= 15 is 0 Å². The van der Waals surface area contributed by atoms with Gasteiger partial charge in [-0.2, -0.15) is 0 Å². The van der Waals surface area contributed by atoms with E-state index in [2.05, 4.69) is 20.8 Å². The van der Waals surface area contributed by atoms with E-state index in [1.807, 2.05) is 0 Å². The molecule has 1 rings (SSSR count). The molecule has 0 N–H and O–H groups in total. The molecule has 14 heavy (non-hydrogen) atoms. The molecule has 2 nitrogen and oxygen atoms in total. The zero-order valence-corrected chi connectivity index (χ0v) is 9.80. The molecule has 1 aliphatic carbocycles. The Bertz CT molecular complexity index is 210. The predicted molar refractivity (Wildman–Crippen MR) is 57.0 cm³/mol. The van der Waals surface area contributed by atoms with Gasteiger partial charge in [0, 0.05) is 6.92 Å². The maximum atomic E-state index is 11.1. The molecule has 0 aromatic heterocycles. The Morgan fingerprint density at radius 3 is 2.57 bits per heavy atom. The van der Waals surface area contributed by atoms with Gasteiger partial charge in [-0.3, -0.25) is 4.79 Å². The molecule has 0 aliphatic heterocycles. The van der Waals surface area contributed by atoms with Crippen LogP contribution >= 0.6 is 0 Å². The van der Waals surface area contributed by atoms with Crippen molar-refractivity contribution in [2.45, 2.75) is 59.0 Å². The lowest BCUT2D eigenvalue weighted by molar-refractivity contribution is -0.169. The number of carbonyl (C=O) groups is 1. The maximum absolute atomic E-state index is 11.1. The van der Waals surface area contributed by atoms with Gasteiger partial charge in [0.2, 0.25) is 0 Å². The van der Waals surface area contributed by atoms with Crippen molar-refractivity contribution in [2.24, 2.45) is 11.8 Å². The van der Waals surface area contributed by atoms with Crippen LogP contribution in [0.5, 0.6) is 0 Å². The van der Waals surface area contributed by atoms with E-state index in [1.165, 1.54) is 19.8 Å². The lowest BCUT2D eigenvalue weighted by atomic mass is 9.73. The Labute approximate surface area is 87.0 Å². The van der Waals surface area contributed by atoms with Crippen molar-refractivity contribution in [2.75, 3.05) is 0 Å². The second-order valence-corrected chi connectivity index (χ2v) is 5.01. The summed E-state index contributed by atoms with van der Waals surface area (Å²) in [5, 5.41) is 0. The predicted octanol–water partition coefficient (Wildman–Crippen LogP) is 3.15. The molecule has 0 bridgehead atoms. The maximum Gasteiger partial charge on any atom is 0.303 e. The van der Waals surface area contributed by atoms with Crippen molar-refractivity contribution in [3.8, 4) is 0 Å². The minimum atomic E-state index is -0.177. The molecule has 2 unspecified atom stereocenters. The molecule has 0 heterocycles. The summed E-state index contributed by atoms with van der Waals surface area (Å²) >= 11 is 0. The first-order valence-corrected chi connectivity index (χ1v) is 5.66. The van der Waals surface area contributed by atoms with E-state index in [0.717, 1.165) is 12.8 Å². The highest BCUT2D eigenvalue weighted by atomic mass is 16.6. The number of hydrogen-bond donors (Lipinski definition) is 0. The highest BCUT2D eigenvalue weighted by molar-refractivity contribution is 5.66. The van der Waals surface area contributed by atoms with Crippen LogP contribution < -0.4 is 0 Å². The van der Waals surface area contributed by atoms with Crippen LogP contribution in [0.15, 0.2) is 0 Å². The third-order valence-corrected chi connectivity index (χ3v) is 3.39. The quantitative estimate of drug-likeness (QED) is 0.637. The van der Waals surface area contributed by atoms with E-state index in [0.29, 0.717) is 11.8 Å². The zero-order chi connectivity index (χ0) is 10.8. The molecule has 1 saturated carbocycles. The minimum absolute atomic E-state index is 0.132. The van der Waals surface area contributed by atoms with E-state index < -0.39 is 0 Å². The van der Waals surface area contributed by atoms with Gasteiger partial charge in [0.15, 0.2) is 0 Å². The third kappa shape index (κ3) is 2.49. The standard InChI is InChI=1S/C12H22O2/c1-9(2)12(14-11(4)13)7-5-6-10(3)8-12/h9-10H,5-8H2,1-4H3. The van der Waals surface area contributed by atoms with Gasteiger partial charge in [0.25, 0.3) is 0 Å². The molecule has 0 amide bonds. The van der Waals surface area contributed by atoms with Gasteiger partial charge in [0.1, 0.15) is 5.60 Å². The molecule has 1 aliphatic rings. The monoisotopic (exact) mass is 198 g/mol. The van der Waals surface area contributed by atoms with Gasteiger partial charge >= 0.3 is 5.97 Å². The van der Waals surface area contributed by atoms with E-state index in [1.54, 1.807) is 0 Å². The van der Waals surface area contributed by atoms with Crippen molar-refractivity contribution in [3.63, 3.8) is 0 Å². The number of esters is 1. The highest BCUT2D eigenvalue weighted by Gasteiger charge is 2.40. The number of ether oxygens (including phenoxy) is 1. The number of rotatable bonds is 2. The van der Waals surface area contributed by atoms with Gasteiger partial charge in [0.05, 0.1) is 0 Å². The van der Waals surface area contributed by atoms with Crippen LogP contribution in [-0.4, -0.2) is 11.6 Å². The van der Waals surface area contributed by atoms with Gasteiger partial charge in [-0.1, -0.05) is 27.2 Å². The Morgan fingerprint density at radius 2 is 2.14 bits per heavy atom. The first-order chi connectivity index (χ1) is 6.46. The second kappa shape index (κ2) is 4.33. The first-order valence-electron chi connectivity index (χ1n) is 5.66. The molecular formula is C12H22O2. The van der Waals surface area contributed by atoms with Gasteiger partial charge < -0.3 is 4.74 Å². The average molecular weight is 198 g/mol. The SMILES string of the molecule is CC(=O)OC1(C(C)C)CCCC(C)C1. The van der Waals surface area contributed by atoms with Crippen molar-refractivity contribution in [1.82, 2.24) is 0 Å². The van der Waals surface area contributed by atoms with Gasteiger partial charge in [-0.15, -0.1) is 0 Å². The summed E-state index contributed by atoms with van der Waals surface area (Å²) in [6, 6.07) is 0. The summed E-state index contributed by atoms with van der Waals surface area (Å²) in [4.78, 5) is 11.1. The van der Waals surface area contributed by atoms with Crippen molar-refractivity contribution in [1.29, 1.82) is 0 Å². The Balaban J connectivity index is 2.74. The van der Waals surface area contributed by atoms with Crippen molar-refractivity contribution >= 4 is 5.97 Å². The normalized spacial score (nSPS) is 33.1. The molecule has 0 spiro atoms. The molecule has 2 atom stereocenters. The molecule has 82 valence electrons. The largest absolute Gasteiger partial charge is 0.459 e. The van der Waals surface area contributed by atoms with Crippen LogP contribution in [0.4, 0.5) is 0 Å². The highest BCUT2D eigenvalue weighted by Crippen LogP contribution is 2.40.